The van der Waals surface area contributed by atoms with Crippen molar-refractivity contribution in [3.63, 3.8) is 0 Å². The van der Waals surface area contributed by atoms with Gasteiger partial charge in [-0.1, -0.05) is 31.7 Å². The average molecular weight is 347 g/mol. The largest absolute Gasteiger partial charge is 0.490 e. The summed E-state index contributed by atoms with van der Waals surface area (Å²) in [5.74, 6) is 0.768. The summed E-state index contributed by atoms with van der Waals surface area (Å²) in [4.78, 5) is 2.39. The van der Waals surface area contributed by atoms with E-state index in [2.05, 4.69) is 11.0 Å². The molecule has 2 N–H and O–H groups in total. The maximum atomic E-state index is 11.1. The summed E-state index contributed by atoms with van der Waals surface area (Å²) < 4.78 is 5.90. The van der Waals surface area contributed by atoms with E-state index < -0.39 is 11.7 Å². The summed E-state index contributed by atoms with van der Waals surface area (Å²) in [7, 11) is 0. The van der Waals surface area contributed by atoms with Crippen molar-refractivity contribution >= 4 is 0 Å². The molecule has 2 fully saturated rings. The monoisotopic (exact) mass is 347 g/mol. The predicted octanol–water partition coefficient (Wildman–Crippen LogP) is 3.20. The number of hydrogen-bond acceptors (Lipinski definition) is 4. The second-order valence-corrected chi connectivity index (χ2v) is 8.14. The topological polar surface area (TPSA) is 52.9 Å². The second kappa shape index (κ2) is 8.07. The van der Waals surface area contributed by atoms with Crippen LogP contribution in [0.1, 0.15) is 56.1 Å². The van der Waals surface area contributed by atoms with Crippen molar-refractivity contribution in [1.82, 2.24) is 4.90 Å². The van der Waals surface area contributed by atoms with E-state index in [9.17, 15) is 10.2 Å². The Kier molecular flexibility index (Phi) is 6.03. The number of hydrogen-bond donors (Lipinski definition) is 2. The van der Waals surface area contributed by atoms with Crippen LogP contribution in [0.2, 0.25) is 0 Å². The summed E-state index contributed by atoms with van der Waals surface area (Å²) in [6, 6.07) is 6.61. The van der Waals surface area contributed by atoms with Crippen molar-refractivity contribution in [2.24, 2.45) is 0 Å². The molecule has 25 heavy (non-hydrogen) atoms. The second-order valence-electron chi connectivity index (χ2n) is 8.14. The Morgan fingerprint density at radius 1 is 1.04 bits per heavy atom. The molecule has 1 aliphatic heterocycles. The van der Waals surface area contributed by atoms with Crippen LogP contribution in [0.25, 0.3) is 0 Å². The predicted molar refractivity (Wildman–Crippen MR) is 100 cm³/mol. The summed E-state index contributed by atoms with van der Waals surface area (Å²) in [6.45, 7) is 5.59. The van der Waals surface area contributed by atoms with Gasteiger partial charge in [-0.25, -0.2) is 0 Å². The number of piperidine rings is 1. The van der Waals surface area contributed by atoms with Crippen LogP contribution in [0.3, 0.4) is 0 Å². The Morgan fingerprint density at radius 2 is 1.68 bits per heavy atom. The van der Waals surface area contributed by atoms with E-state index in [1.807, 2.05) is 26.0 Å². The van der Waals surface area contributed by atoms with E-state index in [4.69, 9.17) is 4.74 Å². The average Bonchev–Trinajstić information content (AvgIpc) is 2.84. The summed E-state index contributed by atoms with van der Waals surface area (Å²) in [5.41, 5.74) is 1.10. The van der Waals surface area contributed by atoms with Crippen molar-refractivity contribution in [3.8, 4) is 5.75 Å². The van der Waals surface area contributed by atoms with Crippen molar-refractivity contribution in [3.05, 3.63) is 29.3 Å². The fourth-order valence-corrected chi connectivity index (χ4v) is 4.39. The molecular weight excluding hydrogens is 314 g/mol. The molecule has 1 heterocycles. The third-order valence-corrected chi connectivity index (χ3v) is 5.81. The smallest absolute Gasteiger partial charge is 0.137 e. The highest BCUT2D eigenvalue weighted by atomic mass is 16.5. The van der Waals surface area contributed by atoms with Gasteiger partial charge >= 0.3 is 0 Å². The van der Waals surface area contributed by atoms with Crippen LogP contribution in [-0.4, -0.2) is 52.6 Å². The van der Waals surface area contributed by atoms with Crippen LogP contribution in [0.15, 0.2) is 18.2 Å². The minimum absolute atomic E-state index is 0.139. The first kappa shape index (κ1) is 18.7. The van der Waals surface area contributed by atoms with E-state index in [0.29, 0.717) is 19.0 Å². The molecule has 3 rings (SSSR count). The normalized spacial score (nSPS) is 29.4. The molecule has 1 saturated carbocycles. The van der Waals surface area contributed by atoms with Gasteiger partial charge in [-0.15, -0.1) is 0 Å². The molecule has 1 aromatic carbocycles. The molecule has 2 atom stereocenters. The van der Waals surface area contributed by atoms with E-state index in [-0.39, 0.29) is 6.61 Å². The molecule has 0 spiro atoms. The molecule has 4 heteroatoms. The highest BCUT2D eigenvalue weighted by Crippen LogP contribution is 2.29. The van der Waals surface area contributed by atoms with Gasteiger partial charge in [0.05, 0.1) is 6.10 Å². The molecule has 1 saturated heterocycles. The van der Waals surface area contributed by atoms with Crippen LogP contribution < -0.4 is 4.74 Å². The zero-order chi connectivity index (χ0) is 17.9. The lowest BCUT2D eigenvalue weighted by molar-refractivity contribution is -0.145. The minimum atomic E-state index is -1.19. The first-order valence-corrected chi connectivity index (χ1v) is 9.82. The van der Waals surface area contributed by atoms with Crippen LogP contribution in [-0.2, 0) is 0 Å². The summed E-state index contributed by atoms with van der Waals surface area (Å²) in [6.07, 6.45) is 7.53. The SMILES string of the molecule is Cc1cc(C)cc(OC[C@@]2(O)CN(C3CCCCCC3)CC[C@@H]2O)c1. The molecule has 2 aliphatic rings. The number of likely N-dealkylation sites (tertiary alicyclic amines) is 1. The summed E-state index contributed by atoms with van der Waals surface area (Å²) >= 11 is 0. The van der Waals surface area contributed by atoms with Gasteiger partial charge in [-0.2, -0.15) is 0 Å². The molecule has 0 bridgehead atoms. The standard InChI is InChI=1S/C21H33NO3/c1-16-11-17(2)13-19(12-16)25-15-21(24)14-22(10-9-20(21)23)18-7-5-3-4-6-8-18/h11-13,18,20,23-24H,3-10,14-15H2,1-2H3/t20-,21-/m0/s1. The van der Waals surface area contributed by atoms with E-state index >= 15 is 0 Å². The number of aliphatic hydroxyl groups is 2. The lowest BCUT2D eigenvalue weighted by Crippen LogP contribution is -2.61. The zero-order valence-corrected chi connectivity index (χ0v) is 15.7. The number of aryl methyl sites for hydroxylation is 2. The molecule has 0 radical (unpaired) electrons. The van der Waals surface area contributed by atoms with E-state index in [0.717, 1.165) is 23.4 Å². The van der Waals surface area contributed by atoms with Crippen molar-refractivity contribution in [2.75, 3.05) is 19.7 Å². The molecule has 0 amide bonds. The number of ether oxygens (including phenoxy) is 1. The Hall–Kier alpha value is -1.10. The Balaban J connectivity index is 1.64. The van der Waals surface area contributed by atoms with Crippen LogP contribution in [0, 0.1) is 13.8 Å². The third-order valence-electron chi connectivity index (χ3n) is 5.81. The van der Waals surface area contributed by atoms with Crippen LogP contribution in [0.5, 0.6) is 5.75 Å². The molecule has 1 aliphatic carbocycles. The van der Waals surface area contributed by atoms with Crippen LogP contribution >= 0.6 is 0 Å². The molecule has 0 unspecified atom stereocenters. The van der Waals surface area contributed by atoms with Gasteiger partial charge in [0.1, 0.15) is 18.0 Å². The van der Waals surface area contributed by atoms with E-state index in [1.165, 1.54) is 38.5 Å². The quantitative estimate of drug-likeness (QED) is 0.821. The highest BCUT2D eigenvalue weighted by molar-refractivity contribution is 5.33. The lowest BCUT2D eigenvalue weighted by atomic mass is 9.88. The number of rotatable bonds is 4. The van der Waals surface area contributed by atoms with Crippen LogP contribution in [0.4, 0.5) is 0 Å². The van der Waals surface area contributed by atoms with Crippen molar-refractivity contribution < 1.29 is 14.9 Å². The Bertz CT molecular complexity index is 548. The first-order valence-electron chi connectivity index (χ1n) is 9.82. The number of β-amino-alcohol motifs (C(OH)–C–C–N with tert-alkyl or cyclic N) is 1. The van der Waals surface area contributed by atoms with Gasteiger partial charge in [0.2, 0.25) is 0 Å². The maximum absolute atomic E-state index is 11.1. The maximum Gasteiger partial charge on any atom is 0.137 e. The Morgan fingerprint density at radius 3 is 2.32 bits per heavy atom. The molecule has 4 nitrogen and oxygen atoms in total. The lowest BCUT2D eigenvalue weighted by Gasteiger charge is -2.45. The van der Waals surface area contributed by atoms with Crippen molar-refractivity contribution in [2.45, 2.75) is 76.5 Å². The zero-order valence-electron chi connectivity index (χ0n) is 15.7. The first-order chi connectivity index (χ1) is 12.0. The van der Waals surface area contributed by atoms with Gasteiger partial charge in [0.15, 0.2) is 0 Å². The van der Waals surface area contributed by atoms with Gasteiger partial charge in [-0.05, 0) is 56.4 Å². The number of nitrogens with zero attached hydrogens (tertiary/aromatic N) is 1. The molecule has 0 aromatic heterocycles. The van der Waals surface area contributed by atoms with E-state index in [1.54, 1.807) is 0 Å². The fourth-order valence-electron chi connectivity index (χ4n) is 4.39. The highest BCUT2D eigenvalue weighted by Gasteiger charge is 2.43. The van der Waals surface area contributed by atoms with Gasteiger partial charge in [-0.3, -0.25) is 4.90 Å². The molecule has 140 valence electrons. The Labute approximate surface area is 151 Å². The van der Waals surface area contributed by atoms with Gasteiger partial charge in [0, 0.05) is 19.1 Å². The van der Waals surface area contributed by atoms with Gasteiger partial charge in [0.25, 0.3) is 0 Å². The third kappa shape index (κ3) is 4.75. The fraction of sp³-hybridized carbons (Fsp3) is 0.714. The van der Waals surface area contributed by atoms with Gasteiger partial charge < -0.3 is 14.9 Å². The van der Waals surface area contributed by atoms with Crippen molar-refractivity contribution in [1.29, 1.82) is 0 Å². The summed E-state index contributed by atoms with van der Waals surface area (Å²) in [5, 5.41) is 21.5. The number of benzene rings is 1. The number of aliphatic hydroxyl groups excluding tert-OH is 1. The minimum Gasteiger partial charge on any atom is -0.490 e. The molecule has 1 aromatic rings. The molecular formula is C21H33NO3.